The fourth-order valence-corrected chi connectivity index (χ4v) is 6.29. The van der Waals surface area contributed by atoms with Crippen LogP contribution in [-0.2, 0) is 4.79 Å². The molecule has 3 aliphatic rings. The quantitative estimate of drug-likeness (QED) is 0.645. The van der Waals surface area contributed by atoms with Gasteiger partial charge in [-0.25, -0.2) is 0 Å². The molecule has 3 aliphatic carbocycles. The first-order valence-corrected chi connectivity index (χ1v) is 9.73. The number of hydrogen-bond donors (Lipinski definition) is 0. The highest BCUT2D eigenvalue weighted by Crippen LogP contribution is 2.60. The van der Waals surface area contributed by atoms with Crippen molar-refractivity contribution < 1.29 is 4.79 Å². The first-order chi connectivity index (χ1) is 10.5. The van der Waals surface area contributed by atoms with E-state index in [2.05, 4.69) is 27.7 Å². The van der Waals surface area contributed by atoms with E-state index >= 15 is 0 Å². The zero-order valence-electron chi connectivity index (χ0n) is 15.0. The molecule has 0 N–H and O–H groups in total. The molecule has 3 rings (SSSR count). The largest absolute Gasteiger partial charge is 0.295 e. The summed E-state index contributed by atoms with van der Waals surface area (Å²) in [6, 6.07) is 0. The van der Waals surface area contributed by atoms with Crippen LogP contribution >= 0.6 is 0 Å². The van der Waals surface area contributed by atoms with Gasteiger partial charge in [0.15, 0.2) is 5.78 Å². The number of hydrogen-bond acceptors (Lipinski definition) is 1. The number of ketones is 1. The van der Waals surface area contributed by atoms with Crippen LogP contribution in [0.3, 0.4) is 0 Å². The van der Waals surface area contributed by atoms with E-state index in [4.69, 9.17) is 0 Å². The topological polar surface area (TPSA) is 17.1 Å². The summed E-state index contributed by atoms with van der Waals surface area (Å²) in [6.07, 6.45) is 12.0. The second kappa shape index (κ2) is 6.13. The molecule has 6 atom stereocenters. The Labute approximate surface area is 136 Å². The highest BCUT2D eigenvalue weighted by Gasteiger charge is 2.51. The molecule has 5 unspecified atom stereocenters. The third-order valence-electron chi connectivity index (χ3n) is 7.57. The first kappa shape index (κ1) is 16.3. The Balaban J connectivity index is 1.92. The lowest BCUT2D eigenvalue weighted by molar-refractivity contribution is -0.116. The van der Waals surface area contributed by atoms with E-state index in [1.807, 2.05) is 6.08 Å². The van der Waals surface area contributed by atoms with Gasteiger partial charge >= 0.3 is 0 Å². The van der Waals surface area contributed by atoms with Gasteiger partial charge < -0.3 is 0 Å². The number of fused-ring (bicyclic) bond motifs is 3. The maximum absolute atomic E-state index is 11.8. The van der Waals surface area contributed by atoms with Crippen LogP contribution in [0.2, 0.25) is 0 Å². The van der Waals surface area contributed by atoms with Gasteiger partial charge in [0.1, 0.15) is 0 Å². The number of rotatable bonds is 3. The maximum Gasteiger partial charge on any atom is 0.155 e. The van der Waals surface area contributed by atoms with Gasteiger partial charge in [0.25, 0.3) is 0 Å². The zero-order chi connectivity index (χ0) is 15.9. The Hall–Kier alpha value is -0.590. The van der Waals surface area contributed by atoms with Gasteiger partial charge in [0.05, 0.1) is 0 Å². The molecule has 0 heterocycles. The second-order valence-electron chi connectivity index (χ2n) is 8.69. The predicted molar refractivity (Wildman–Crippen MR) is 92.6 cm³/mol. The Kier molecular flexibility index (Phi) is 4.54. The molecule has 0 aromatic rings. The molecule has 1 heteroatoms. The van der Waals surface area contributed by atoms with Crippen LogP contribution in [0, 0.1) is 35.0 Å². The molecular weight excluding hydrogens is 268 g/mol. The molecule has 2 saturated carbocycles. The minimum Gasteiger partial charge on any atom is -0.295 e. The van der Waals surface area contributed by atoms with E-state index in [9.17, 15) is 4.79 Å². The minimum atomic E-state index is 0.385. The van der Waals surface area contributed by atoms with Gasteiger partial charge in [-0.1, -0.05) is 46.1 Å². The SMILES string of the molecule is CCCC1C2C(CCC1(C)CC)C1CCC(=O)C=C1C[C@@H]2C. The molecule has 0 aromatic carbocycles. The first-order valence-electron chi connectivity index (χ1n) is 9.73. The van der Waals surface area contributed by atoms with E-state index in [0.717, 1.165) is 42.4 Å². The Morgan fingerprint density at radius 3 is 2.73 bits per heavy atom. The van der Waals surface area contributed by atoms with Gasteiger partial charge in [-0.05, 0) is 73.2 Å². The van der Waals surface area contributed by atoms with Crippen molar-refractivity contribution in [3.8, 4) is 0 Å². The van der Waals surface area contributed by atoms with Crippen LogP contribution < -0.4 is 0 Å². The average Bonchev–Trinajstić information content (AvgIpc) is 2.49. The third kappa shape index (κ3) is 2.59. The summed E-state index contributed by atoms with van der Waals surface area (Å²) in [6.45, 7) is 9.79. The fourth-order valence-electron chi connectivity index (χ4n) is 6.29. The molecule has 0 bridgehead atoms. The third-order valence-corrected chi connectivity index (χ3v) is 7.57. The monoisotopic (exact) mass is 302 g/mol. The molecule has 1 nitrogen and oxygen atoms in total. The van der Waals surface area contributed by atoms with Crippen LogP contribution in [-0.4, -0.2) is 5.78 Å². The molecule has 0 spiro atoms. The van der Waals surface area contributed by atoms with Gasteiger partial charge in [0.2, 0.25) is 0 Å². The zero-order valence-corrected chi connectivity index (χ0v) is 15.0. The summed E-state index contributed by atoms with van der Waals surface area (Å²) < 4.78 is 0. The normalized spacial score (nSPS) is 45.0. The van der Waals surface area contributed by atoms with Gasteiger partial charge in [-0.3, -0.25) is 4.79 Å². The fraction of sp³-hybridized carbons (Fsp3) is 0.857. The Bertz CT molecular complexity index is 463. The van der Waals surface area contributed by atoms with Crippen molar-refractivity contribution >= 4 is 5.78 Å². The lowest BCUT2D eigenvalue weighted by Gasteiger charge is -2.57. The Morgan fingerprint density at radius 2 is 2.05 bits per heavy atom. The predicted octanol–water partition coefficient (Wildman–Crippen LogP) is 5.79. The Morgan fingerprint density at radius 1 is 1.27 bits per heavy atom. The van der Waals surface area contributed by atoms with Crippen molar-refractivity contribution in [3.63, 3.8) is 0 Å². The summed E-state index contributed by atoms with van der Waals surface area (Å²) >= 11 is 0. The standard InChI is InChI=1S/C21H34O/c1-5-7-19-20-14(3)12-15-13-16(22)8-9-17(15)18(20)10-11-21(19,4)6-2/h13-14,17-20H,5-12H2,1-4H3/t14-,17?,18?,19?,20?,21?/m0/s1. The number of carbonyl (C=O) groups is 1. The molecule has 0 aliphatic heterocycles. The van der Waals surface area contributed by atoms with Crippen molar-refractivity contribution in [3.05, 3.63) is 11.6 Å². The van der Waals surface area contributed by atoms with E-state index in [1.165, 1.54) is 44.1 Å². The summed E-state index contributed by atoms with van der Waals surface area (Å²) in [5.74, 6) is 4.54. The molecule has 0 aromatic heterocycles. The summed E-state index contributed by atoms with van der Waals surface area (Å²) in [5.41, 5.74) is 2.07. The average molecular weight is 303 g/mol. The van der Waals surface area contributed by atoms with Crippen molar-refractivity contribution in [1.82, 2.24) is 0 Å². The van der Waals surface area contributed by atoms with E-state index in [1.54, 1.807) is 0 Å². The number of carbonyl (C=O) groups excluding carboxylic acids is 1. The molecule has 2 fully saturated rings. The summed E-state index contributed by atoms with van der Waals surface area (Å²) in [7, 11) is 0. The van der Waals surface area contributed by atoms with Crippen molar-refractivity contribution in [2.24, 2.45) is 35.0 Å². The van der Waals surface area contributed by atoms with Crippen LogP contribution in [0.4, 0.5) is 0 Å². The van der Waals surface area contributed by atoms with Gasteiger partial charge in [-0.2, -0.15) is 0 Å². The summed E-state index contributed by atoms with van der Waals surface area (Å²) in [4.78, 5) is 11.8. The van der Waals surface area contributed by atoms with Gasteiger partial charge in [-0.15, -0.1) is 0 Å². The highest BCUT2D eigenvalue weighted by atomic mass is 16.1. The van der Waals surface area contributed by atoms with Crippen molar-refractivity contribution in [1.29, 1.82) is 0 Å². The molecule has 0 amide bonds. The lowest BCUT2D eigenvalue weighted by Crippen LogP contribution is -2.49. The number of allylic oxidation sites excluding steroid dienone is 2. The van der Waals surface area contributed by atoms with Crippen molar-refractivity contribution in [2.45, 2.75) is 79.1 Å². The molecular formula is C21H34O. The summed E-state index contributed by atoms with van der Waals surface area (Å²) in [5, 5.41) is 0. The van der Waals surface area contributed by atoms with E-state index < -0.39 is 0 Å². The van der Waals surface area contributed by atoms with Crippen LogP contribution in [0.1, 0.15) is 79.1 Å². The minimum absolute atomic E-state index is 0.385. The lowest BCUT2D eigenvalue weighted by atomic mass is 9.48. The molecule has 0 saturated heterocycles. The van der Waals surface area contributed by atoms with E-state index in [0.29, 0.717) is 11.2 Å². The van der Waals surface area contributed by atoms with Crippen LogP contribution in [0.15, 0.2) is 11.6 Å². The van der Waals surface area contributed by atoms with Crippen LogP contribution in [0.25, 0.3) is 0 Å². The van der Waals surface area contributed by atoms with E-state index in [-0.39, 0.29) is 0 Å². The molecule has 124 valence electrons. The molecule has 0 radical (unpaired) electrons. The molecule has 22 heavy (non-hydrogen) atoms. The van der Waals surface area contributed by atoms with Gasteiger partial charge in [0, 0.05) is 6.42 Å². The maximum atomic E-state index is 11.8. The van der Waals surface area contributed by atoms with Crippen LogP contribution in [0.5, 0.6) is 0 Å². The highest BCUT2D eigenvalue weighted by molar-refractivity contribution is 5.91. The second-order valence-corrected chi connectivity index (χ2v) is 8.69. The van der Waals surface area contributed by atoms with Crippen molar-refractivity contribution in [2.75, 3.05) is 0 Å². The smallest absolute Gasteiger partial charge is 0.155 e.